The van der Waals surface area contributed by atoms with Crippen molar-refractivity contribution in [3.8, 4) is 0 Å². The van der Waals surface area contributed by atoms with Crippen molar-refractivity contribution in [1.82, 2.24) is 10.2 Å². The van der Waals surface area contributed by atoms with Gasteiger partial charge in [0.2, 0.25) is 0 Å². The number of hydrogen-bond acceptors (Lipinski definition) is 4. The number of ether oxygens (including phenoxy) is 1. The van der Waals surface area contributed by atoms with E-state index in [9.17, 15) is 0 Å². The van der Waals surface area contributed by atoms with E-state index in [-0.39, 0.29) is 0 Å². The summed E-state index contributed by atoms with van der Waals surface area (Å²) in [6, 6.07) is 3.28. The third-order valence-corrected chi connectivity index (χ3v) is 4.71. The number of morpholine rings is 1. The van der Waals surface area contributed by atoms with Gasteiger partial charge < -0.3 is 10.1 Å². The fourth-order valence-electron chi connectivity index (χ4n) is 2.80. The van der Waals surface area contributed by atoms with E-state index in [2.05, 4.69) is 47.8 Å². The van der Waals surface area contributed by atoms with Crippen LogP contribution in [0.4, 0.5) is 0 Å². The van der Waals surface area contributed by atoms with Crippen LogP contribution in [-0.2, 0) is 4.74 Å². The Kier molecular flexibility index (Phi) is 6.49. The highest BCUT2D eigenvalue weighted by Gasteiger charge is 2.22. The van der Waals surface area contributed by atoms with Crippen molar-refractivity contribution < 1.29 is 4.74 Å². The van der Waals surface area contributed by atoms with Gasteiger partial charge in [-0.3, -0.25) is 4.90 Å². The third-order valence-electron chi connectivity index (χ3n) is 4.01. The van der Waals surface area contributed by atoms with E-state index in [0.717, 1.165) is 38.8 Å². The first-order valence-corrected chi connectivity index (χ1v) is 8.68. The van der Waals surface area contributed by atoms with Crippen LogP contribution in [0.5, 0.6) is 0 Å². The highest BCUT2D eigenvalue weighted by molar-refractivity contribution is 7.07. The molecule has 2 unspecified atom stereocenters. The molecule has 1 N–H and O–H groups in total. The maximum Gasteiger partial charge on any atom is 0.0594 e. The molecule has 1 aliphatic rings. The predicted molar refractivity (Wildman–Crippen MR) is 86.4 cm³/mol. The van der Waals surface area contributed by atoms with Crippen LogP contribution in [0.1, 0.15) is 38.8 Å². The molecule has 1 aromatic rings. The highest BCUT2D eigenvalue weighted by atomic mass is 32.1. The van der Waals surface area contributed by atoms with E-state index < -0.39 is 0 Å². The third kappa shape index (κ3) is 4.85. The Bertz CT molecular complexity index is 361. The molecule has 4 heteroatoms. The predicted octanol–water partition coefficient (Wildman–Crippen LogP) is 3.15. The SMILES string of the molecule is CC(C)CC(CNC(C)c1ccsc1)N1CCOCC1. The summed E-state index contributed by atoms with van der Waals surface area (Å²) in [7, 11) is 0. The summed E-state index contributed by atoms with van der Waals surface area (Å²) in [5.74, 6) is 0.737. The summed E-state index contributed by atoms with van der Waals surface area (Å²) < 4.78 is 5.48. The Hall–Kier alpha value is -0.420. The van der Waals surface area contributed by atoms with Crippen LogP contribution in [-0.4, -0.2) is 43.8 Å². The lowest BCUT2D eigenvalue weighted by molar-refractivity contribution is 0.0119. The van der Waals surface area contributed by atoms with E-state index in [0.29, 0.717) is 12.1 Å². The first-order chi connectivity index (χ1) is 9.66. The van der Waals surface area contributed by atoms with Crippen LogP contribution in [0, 0.1) is 5.92 Å². The molecule has 20 heavy (non-hydrogen) atoms. The maximum atomic E-state index is 5.48. The molecule has 0 saturated carbocycles. The van der Waals surface area contributed by atoms with Crippen LogP contribution in [0.2, 0.25) is 0 Å². The van der Waals surface area contributed by atoms with Crippen LogP contribution in [0.3, 0.4) is 0 Å². The largest absolute Gasteiger partial charge is 0.379 e. The molecular formula is C16H28N2OS. The molecule has 2 atom stereocenters. The van der Waals surface area contributed by atoms with E-state index in [1.807, 2.05) is 0 Å². The Morgan fingerprint density at radius 3 is 2.65 bits per heavy atom. The molecule has 1 saturated heterocycles. The average Bonchev–Trinajstić information content (AvgIpc) is 2.98. The lowest BCUT2D eigenvalue weighted by Crippen LogP contribution is -2.48. The molecule has 2 rings (SSSR count). The van der Waals surface area contributed by atoms with Crippen LogP contribution < -0.4 is 5.32 Å². The van der Waals surface area contributed by atoms with Crippen LogP contribution >= 0.6 is 11.3 Å². The zero-order chi connectivity index (χ0) is 14.4. The quantitative estimate of drug-likeness (QED) is 0.836. The second-order valence-corrected chi connectivity index (χ2v) is 6.90. The summed E-state index contributed by atoms with van der Waals surface area (Å²) in [5, 5.41) is 8.11. The van der Waals surface area contributed by atoms with Crippen molar-refractivity contribution in [2.75, 3.05) is 32.8 Å². The lowest BCUT2D eigenvalue weighted by Gasteiger charge is -2.36. The first-order valence-electron chi connectivity index (χ1n) is 7.74. The van der Waals surface area contributed by atoms with E-state index in [1.165, 1.54) is 12.0 Å². The minimum atomic E-state index is 0.442. The van der Waals surface area contributed by atoms with Gasteiger partial charge in [0.1, 0.15) is 0 Å². The Morgan fingerprint density at radius 2 is 2.05 bits per heavy atom. The molecule has 0 radical (unpaired) electrons. The van der Waals surface area contributed by atoms with Crippen molar-refractivity contribution in [3.63, 3.8) is 0 Å². The van der Waals surface area contributed by atoms with Gasteiger partial charge in [0.25, 0.3) is 0 Å². The standard InChI is InChI=1S/C16H28N2OS/c1-13(2)10-16(18-5-7-19-8-6-18)11-17-14(3)15-4-9-20-12-15/h4,9,12-14,16-17H,5-8,10-11H2,1-3H3. The van der Waals surface area contributed by atoms with Gasteiger partial charge in [-0.1, -0.05) is 13.8 Å². The van der Waals surface area contributed by atoms with Gasteiger partial charge in [-0.15, -0.1) is 0 Å². The molecule has 0 spiro atoms. The van der Waals surface area contributed by atoms with E-state index in [1.54, 1.807) is 11.3 Å². The van der Waals surface area contributed by atoms with Gasteiger partial charge in [0.15, 0.2) is 0 Å². The minimum absolute atomic E-state index is 0.442. The normalized spacial score (nSPS) is 20.2. The molecule has 0 bridgehead atoms. The van der Waals surface area contributed by atoms with E-state index in [4.69, 9.17) is 4.74 Å². The number of thiophene rings is 1. The number of hydrogen-bond donors (Lipinski definition) is 1. The van der Waals surface area contributed by atoms with Crippen molar-refractivity contribution >= 4 is 11.3 Å². The summed E-state index contributed by atoms with van der Waals surface area (Å²) in [5.41, 5.74) is 1.40. The van der Waals surface area contributed by atoms with Crippen LogP contribution in [0.15, 0.2) is 16.8 Å². The molecular weight excluding hydrogens is 268 g/mol. The van der Waals surface area contributed by atoms with E-state index >= 15 is 0 Å². The van der Waals surface area contributed by atoms with Crippen molar-refractivity contribution in [3.05, 3.63) is 22.4 Å². The van der Waals surface area contributed by atoms with Crippen molar-refractivity contribution in [1.29, 1.82) is 0 Å². The zero-order valence-electron chi connectivity index (χ0n) is 13.0. The molecule has 1 aliphatic heterocycles. The van der Waals surface area contributed by atoms with Crippen molar-refractivity contribution in [2.45, 2.75) is 39.3 Å². The molecule has 0 aliphatic carbocycles. The highest BCUT2D eigenvalue weighted by Crippen LogP contribution is 2.17. The monoisotopic (exact) mass is 296 g/mol. The fourth-order valence-corrected chi connectivity index (χ4v) is 3.55. The first kappa shape index (κ1) is 16.0. The number of nitrogens with zero attached hydrogens (tertiary/aromatic N) is 1. The summed E-state index contributed by atoms with van der Waals surface area (Å²) >= 11 is 1.77. The van der Waals surface area contributed by atoms with Gasteiger partial charge in [-0.05, 0) is 41.7 Å². The van der Waals surface area contributed by atoms with Gasteiger partial charge in [0.05, 0.1) is 13.2 Å². The fraction of sp³-hybridized carbons (Fsp3) is 0.750. The Morgan fingerprint density at radius 1 is 1.30 bits per heavy atom. The lowest BCUT2D eigenvalue weighted by atomic mass is 10.0. The Balaban J connectivity index is 1.86. The molecule has 1 aromatic heterocycles. The zero-order valence-corrected chi connectivity index (χ0v) is 13.8. The van der Waals surface area contributed by atoms with Crippen molar-refractivity contribution in [2.24, 2.45) is 5.92 Å². The van der Waals surface area contributed by atoms with Gasteiger partial charge >= 0.3 is 0 Å². The number of rotatable bonds is 7. The summed E-state index contributed by atoms with van der Waals surface area (Å²) in [6.07, 6.45) is 1.25. The smallest absolute Gasteiger partial charge is 0.0594 e. The summed E-state index contributed by atoms with van der Waals surface area (Å²) in [4.78, 5) is 2.59. The Labute approximate surface area is 127 Å². The second-order valence-electron chi connectivity index (χ2n) is 6.12. The van der Waals surface area contributed by atoms with Crippen LogP contribution in [0.25, 0.3) is 0 Å². The summed E-state index contributed by atoms with van der Waals surface area (Å²) in [6.45, 7) is 11.9. The molecule has 1 fully saturated rings. The minimum Gasteiger partial charge on any atom is -0.379 e. The van der Waals surface area contributed by atoms with Gasteiger partial charge in [-0.2, -0.15) is 11.3 Å². The molecule has 3 nitrogen and oxygen atoms in total. The molecule has 0 amide bonds. The van der Waals surface area contributed by atoms with Gasteiger partial charge in [-0.25, -0.2) is 0 Å². The maximum absolute atomic E-state index is 5.48. The topological polar surface area (TPSA) is 24.5 Å². The second kappa shape index (κ2) is 8.13. The van der Waals surface area contributed by atoms with Gasteiger partial charge in [0, 0.05) is 31.7 Å². The molecule has 0 aromatic carbocycles. The average molecular weight is 296 g/mol. The molecule has 2 heterocycles. The number of nitrogens with one attached hydrogen (secondary N) is 1. The molecule has 114 valence electrons.